The average molecular weight is 427 g/mol. The smallest absolute Gasteiger partial charge is 0.174 e. The molecule has 1 aliphatic rings. The topological polar surface area (TPSA) is 83.8 Å². The number of aromatic nitrogens is 5. The molecule has 0 radical (unpaired) electrons. The van der Waals surface area contributed by atoms with E-state index in [1.165, 1.54) is 5.56 Å². The van der Waals surface area contributed by atoms with Crippen LogP contribution < -0.4 is 10.5 Å². The standard InChI is InChI=1S/C25H26N6O/c1-17-15-30(16-27-17)22-11-5-18(14-23(22)32-2)6-12-24-28-25-21(4-3-13-31(25)29-24)19-7-9-20(26)10-8-19/h5-12,14-16,21H,3-4,13,26H2,1-2H3/b12-6+/t21-/m1/s1. The molecular formula is C25H26N6O. The van der Waals surface area contributed by atoms with Crippen LogP contribution in [0.2, 0.25) is 0 Å². The fraction of sp³-hybridized carbons (Fsp3) is 0.240. The zero-order chi connectivity index (χ0) is 22.1. The number of hydrogen-bond acceptors (Lipinski definition) is 5. The van der Waals surface area contributed by atoms with E-state index in [2.05, 4.69) is 23.2 Å². The van der Waals surface area contributed by atoms with Gasteiger partial charge >= 0.3 is 0 Å². The Balaban J connectivity index is 1.40. The first-order valence-electron chi connectivity index (χ1n) is 10.8. The summed E-state index contributed by atoms with van der Waals surface area (Å²) >= 11 is 0. The van der Waals surface area contributed by atoms with E-state index < -0.39 is 0 Å². The van der Waals surface area contributed by atoms with Crippen LogP contribution in [-0.4, -0.2) is 31.4 Å². The molecule has 0 fully saturated rings. The van der Waals surface area contributed by atoms with Crippen molar-refractivity contribution in [1.82, 2.24) is 24.3 Å². The molecule has 162 valence electrons. The van der Waals surface area contributed by atoms with Crippen molar-refractivity contribution in [2.24, 2.45) is 0 Å². The zero-order valence-corrected chi connectivity index (χ0v) is 18.3. The van der Waals surface area contributed by atoms with Gasteiger partial charge in [0.15, 0.2) is 5.82 Å². The molecule has 0 bridgehead atoms. The molecule has 0 amide bonds. The van der Waals surface area contributed by atoms with Gasteiger partial charge in [0.1, 0.15) is 11.6 Å². The SMILES string of the molecule is COc1cc(/C=C/c2nc3n(n2)CCC[C@@H]3c2ccc(N)cc2)ccc1-n1cnc(C)c1. The lowest BCUT2D eigenvalue weighted by molar-refractivity contribution is 0.413. The molecule has 2 aromatic carbocycles. The molecule has 4 aromatic rings. The summed E-state index contributed by atoms with van der Waals surface area (Å²) in [4.78, 5) is 9.15. The molecule has 1 aliphatic heterocycles. The number of benzene rings is 2. The highest BCUT2D eigenvalue weighted by molar-refractivity contribution is 5.69. The van der Waals surface area contributed by atoms with Gasteiger partial charge in [-0.15, -0.1) is 0 Å². The number of anilines is 1. The highest BCUT2D eigenvalue weighted by Gasteiger charge is 2.25. The highest BCUT2D eigenvalue weighted by atomic mass is 16.5. The van der Waals surface area contributed by atoms with Crippen LogP contribution in [0.3, 0.4) is 0 Å². The molecule has 32 heavy (non-hydrogen) atoms. The summed E-state index contributed by atoms with van der Waals surface area (Å²) in [7, 11) is 1.68. The highest BCUT2D eigenvalue weighted by Crippen LogP contribution is 2.32. The Morgan fingerprint density at radius 1 is 1.12 bits per heavy atom. The number of hydrogen-bond donors (Lipinski definition) is 1. The van der Waals surface area contributed by atoms with Crippen LogP contribution in [0.1, 0.15) is 47.2 Å². The van der Waals surface area contributed by atoms with Crippen molar-refractivity contribution >= 4 is 17.8 Å². The lowest BCUT2D eigenvalue weighted by Gasteiger charge is -2.22. The number of ether oxygens (including phenoxy) is 1. The molecular weight excluding hydrogens is 400 g/mol. The minimum atomic E-state index is 0.247. The fourth-order valence-corrected chi connectivity index (χ4v) is 4.22. The summed E-state index contributed by atoms with van der Waals surface area (Å²) in [6.45, 7) is 2.86. The Morgan fingerprint density at radius 3 is 2.72 bits per heavy atom. The third-order valence-electron chi connectivity index (χ3n) is 5.85. The van der Waals surface area contributed by atoms with Gasteiger partial charge in [-0.05, 0) is 61.2 Å². The number of nitrogen functional groups attached to an aromatic ring is 1. The maximum absolute atomic E-state index is 5.86. The number of imidazole rings is 1. The number of nitrogens with two attached hydrogens (primary N) is 1. The second-order valence-corrected chi connectivity index (χ2v) is 8.10. The molecule has 2 aromatic heterocycles. The molecule has 1 atom stereocenters. The molecule has 7 nitrogen and oxygen atoms in total. The minimum absolute atomic E-state index is 0.247. The van der Waals surface area contributed by atoms with E-state index in [-0.39, 0.29) is 5.92 Å². The van der Waals surface area contributed by atoms with Crippen molar-refractivity contribution in [2.45, 2.75) is 32.2 Å². The van der Waals surface area contributed by atoms with E-state index in [1.54, 1.807) is 13.4 Å². The summed E-state index contributed by atoms with van der Waals surface area (Å²) in [6, 6.07) is 14.2. The molecule has 0 saturated heterocycles. The summed E-state index contributed by atoms with van der Waals surface area (Å²) in [5.41, 5.74) is 10.8. The van der Waals surface area contributed by atoms with Crippen LogP contribution in [0.5, 0.6) is 5.75 Å². The number of fused-ring (bicyclic) bond motifs is 1. The van der Waals surface area contributed by atoms with Crippen LogP contribution >= 0.6 is 0 Å². The largest absolute Gasteiger partial charge is 0.495 e. The molecule has 0 aliphatic carbocycles. The van der Waals surface area contributed by atoms with E-state index in [0.29, 0.717) is 0 Å². The first kappa shape index (κ1) is 20.1. The number of methoxy groups -OCH3 is 1. The van der Waals surface area contributed by atoms with Crippen molar-refractivity contribution in [1.29, 1.82) is 0 Å². The molecule has 7 heteroatoms. The van der Waals surface area contributed by atoms with Gasteiger partial charge < -0.3 is 15.0 Å². The fourth-order valence-electron chi connectivity index (χ4n) is 4.22. The Labute approximate surface area is 187 Å². The van der Waals surface area contributed by atoms with Crippen LogP contribution in [0, 0.1) is 6.92 Å². The Morgan fingerprint density at radius 2 is 1.97 bits per heavy atom. The van der Waals surface area contributed by atoms with E-state index in [0.717, 1.165) is 59.4 Å². The van der Waals surface area contributed by atoms with Gasteiger partial charge in [0, 0.05) is 24.3 Å². The zero-order valence-electron chi connectivity index (χ0n) is 18.3. The molecule has 5 rings (SSSR count). The quantitative estimate of drug-likeness (QED) is 0.477. The molecule has 2 N–H and O–H groups in total. The third kappa shape index (κ3) is 3.89. The summed E-state index contributed by atoms with van der Waals surface area (Å²) in [6.07, 6.45) is 9.90. The van der Waals surface area contributed by atoms with Crippen LogP contribution in [-0.2, 0) is 6.54 Å². The van der Waals surface area contributed by atoms with Gasteiger partial charge in [-0.2, -0.15) is 5.10 Å². The Kier molecular flexibility index (Phi) is 5.23. The number of aryl methyl sites for hydroxylation is 2. The lowest BCUT2D eigenvalue weighted by atomic mass is 9.91. The monoisotopic (exact) mass is 426 g/mol. The maximum Gasteiger partial charge on any atom is 0.174 e. The van der Waals surface area contributed by atoms with Crippen molar-refractivity contribution in [2.75, 3.05) is 12.8 Å². The van der Waals surface area contributed by atoms with Gasteiger partial charge in [0.25, 0.3) is 0 Å². The van der Waals surface area contributed by atoms with Gasteiger partial charge in [0.05, 0.1) is 24.8 Å². The Bertz CT molecular complexity index is 1270. The van der Waals surface area contributed by atoms with Crippen molar-refractivity contribution in [3.8, 4) is 11.4 Å². The molecule has 0 saturated carbocycles. The molecule has 3 heterocycles. The second-order valence-electron chi connectivity index (χ2n) is 8.10. The summed E-state index contributed by atoms with van der Waals surface area (Å²) in [5, 5.41) is 4.72. The van der Waals surface area contributed by atoms with Gasteiger partial charge in [-0.25, -0.2) is 14.6 Å². The maximum atomic E-state index is 5.86. The molecule has 0 unspecified atom stereocenters. The first-order valence-corrected chi connectivity index (χ1v) is 10.8. The van der Waals surface area contributed by atoms with E-state index in [9.17, 15) is 0 Å². The van der Waals surface area contributed by atoms with Gasteiger partial charge in [-0.1, -0.05) is 24.3 Å². The lowest BCUT2D eigenvalue weighted by Crippen LogP contribution is -2.17. The van der Waals surface area contributed by atoms with E-state index >= 15 is 0 Å². The number of nitrogens with zero attached hydrogens (tertiary/aromatic N) is 5. The van der Waals surface area contributed by atoms with E-state index in [4.69, 9.17) is 20.6 Å². The minimum Gasteiger partial charge on any atom is -0.495 e. The van der Waals surface area contributed by atoms with Crippen LogP contribution in [0.15, 0.2) is 55.0 Å². The van der Waals surface area contributed by atoms with E-state index in [1.807, 2.05) is 58.8 Å². The summed E-state index contributed by atoms with van der Waals surface area (Å²) in [5.74, 6) is 2.77. The van der Waals surface area contributed by atoms with Gasteiger partial charge in [0.2, 0.25) is 0 Å². The normalized spacial score (nSPS) is 15.8. The van der Waals surface area contributed by atoms with Crippen LogP contribution in [0.4, 0.5) is 5.69 Å². The van der Waals surface area contributed by atoms with Gasteiger partial charge in [-0.3, -0.25) is 0 Å². The third-order valence-corrected chi connectivity index (χ3v) is 5.85. The predicted octanol–water partition coefficient (Wildman–Crippen LogP) is 4.46. The van der Waals surface area contributed by atoms with Crippen molar-refractivity contribution < 1.29 is 4.74 Å². The number of rotatable bonds is 5. The van der Waals surface area contributed by atoms with Crippen molar-refractivity contribution in [3.63, 3.8) is 0 Å². The average Bonchev–Trinajstić information content (AvgIpc) is 3.43. The van der Waals surface area contributed by atoms with Crippen molar-refractivity contribution in [3.05, 3.63) is 83.5 Å². The second kappa shape index (κ2) is 8.34. The summed E-state index contributed by atoms with van der Waals surface area (Å²) < 4.78 is 9.61. The van der Waals surface area contributed by atoms with Crippen LogP contribution in [0.25, 0.3) is 17.8 Å². The first-order chi connectivity index (χ1) is 15.6. The predicted molar refractivity (Wildman–Crippen MR) is 126 cm³/mol. The molecule has 0 spiro atoms. The Hall–Kier alpha value is -3.87.